The molecule has 0 aliphatic carbocycles. The molecular weight excluding hydrogens is 258 g/mol. The van der Waals surface area contributed by atoms with Crippen molar-refractivity contribution in [2.45, 2.75) is 39.4 Å². The summed E-state index contributed by atoms with van der Waals surface area (Å²) in [5.74, 6) is 0.999. The summed E-state index contributed by atoms with van der Waals surface area (Å²) in [4.78, 5) is 31.7. The number of hydrogen-bond acceptors (Lipinski definition) is 3. The zero-order valence-corrected chi connectivity index (χ0v) is 12.5. The van der Waals surface area contributed by atoms with E-state index >= 15 is 0 Å². The molecule has 7 nitrogen and oxygen atoms in total. The quantitative estimate of drug-likeness (QED) is 0.771. The van der Waals surface area contributed by atoms with E-state index in [1.54, 1.807) is 7.05 Å². The highest BCUT2D eigenvalue weighted by atomic mass is 16.2. The van der Waals surface area contributed by atoms with Crippen molar-refractivity contribution in [1.82, 2.24) is 20.4 Å². The Bertz CT molecular complexity index is 434. The minimum atomic E-state index is -0.401. The predicted molar refractivity (Wildman–Crippen MR) is 76.2 cm³/mol. The number of urea groups is 1. The van der Waals surface area contributed by atoms with Crippen LogP contribution in [0.15, 0.2) is 4.99 Å². The molecule has 2 fully saturated rings. The van der Waals surface area contributed by atoms with E-state index in [0.29, 0.717) is 18.4 Å². The van der Waals surface area contributed by atoms with Gasteiger partial charge in [0.15, 0.2) is 12.0 Å². The van der Waals surface area contributed by atoms with E-state index in [4.69, 9.17) is 0 Å². The minimum absolute atomic E-state index is 0.254. The smallest absolute Gasteiger partial charge is 0.325 e. The Hall–Kier alpha value is -1.79. The summed E-state index contributed by atoms with van der Waals surface area (Å²) >= 11 is 0. The van der Waals surface area contributed by atoms with E-state index in [1.165, 1.54) is 4.90 Å². The van der Waals surface area contributed by atoms with Crippen LogP contribution in [0.3, 0.4) is 0 Å². The highest BCUT2D eigenvalue weighted by Crippen LogP contribution is 2.21. The van der Waals surface area contributed by atoms with E-state index < -0.39 is 6.04 Å². The largest absolute Gasteiger partial charge is 0.334 e. The molecule has 0 aromatic carbocycles. The van der Waals surface area contributed by atoms with Crippen molar-refractivity contribution in [2.24, 2.45) is 10.9 Å². The molecule has 2 heterocycles. The van der Waals surface area contributed by atoms with Gasteiger partial charge in [-0.25, -0.2) is 4.79 Å². The summed E-state index contributed by atoms with van der Waals surface area (Å²) in [7, 11) is 1.68. The van der Waals surface area contributed by atoms with Crippen LogP contribution in [0, 0.1) is 5.92 Å². The lowest BCUT2D eigenvalue weighted by atomic mass is 10.1. The van der Waals surface area contributed by atoms with Crippen LogP contribution in [0.4, 0.5) is 4.79 Å². The number of nitrogens with one attached hydrogen (secondary N) is 2. The molecule has 0 saturated carbocycles. The Labute approximate surface area is 119 Å². The normalized spacial score (nSPS) is 27.9. The maximum atomic E-state index is 12.1. The monoisotopic (exact) mass is 281 g/mol. The fourth-order valence-electron chi connectivity index (χ4n) is 2.51. The second-order valence-corrected chi connectivity index (χ2v) is 5.61. The average Bonchev–Trinajstić information content (AvgIpc) is 2.73. The molecule has 0 bridgehead atoms. The molecule has 20 heavy (non-hydrogen) atoms. The van der Waals surface area contributed by atoms with Gasteiger partial charge in [-0.05, 0) is 19.3 Å². The summed E-state index contributed by atoms with van der Waals surface area (Å²) in [5.41, 5.74) is 0. The molecule has 112 valence electrons. The first-order chi connectivity index (χ1) is 9.45. The van der Waals surface area contributed by atoms with Crippen molar-refractivity contribution >= 4 is 17.9 Å². The molecule has 0 spiro atoms. The molecule has 0 aromatic heterocycles. The number of nitrogens with zero attached hydrogens (tertiary/aromatic N) is 3. The maximum absolute atomic E-state index is 12.1. The van der Waals surface area contributed by atoms with Crippen molar-refractivity contribution < 1.29 is 9.59 Å². The Morgan fingerprint density at radius 1 is 1.35 bits per heavy atom. The van der Waals surface area contributed by atoms with Crippen molar-refractivity contribution in [3.05, 3.63) is 0 Å². The number of rotatable bonds is 4. The van der Waals surface area contributed by atoms with E-state index in [2.05, 4.69) is 29.5 Å². The minimum Gasteiger partial charge on any atom is -0.334 e. The molecule has 3 amide bonds. The molecule has 2 aliphatic rings. The summed E-state index contributed by atoms with van der Waals surface area (Å²) in [6, 6.07) is -0.771. The highest BCUT2D eigenvalue weighted by molar-refractivity contribution is 6.04. The zero-order valence-electron chi connectivity index (χ0n) is 12.5. The molecule has 0 aromatic rings. The number of amides is 3. The van der Waals surface area contributed by atoms with E-state index in [1.807, 2.05) is 11.8 Å². The molecule has 0 radical (unpaired) electrons. The van der Waals surface area contributed by atoms with Crippen LogP contribution >= 0.6 is 0 Å². The fraction of sp³-hybridized carbons (Fsp3) is 0.769. The molecule has 2 aliphatic heterocycles. The third-order valence-corrected chi connectivity index (χ3v) is 3.68. The van der Waals surface area contributed by atoms with E-state index in [-0.39, 0.29) is 18.1 Å². The summed E-state index contributed by atoms with van der Waals surface area (Å²) in [6.07, 6.45) is 0.632. The van der Waals surface area contributed by atoms with Crippen molar-refractivity contribution in [2.75, 3.05) is 20.1 Å². The third kappa shape index (κ3) is 2.57. The van der Waals surface area contributed by atoms with Gasteiger partial charge in [-0.3, -0.25) is 15.1 Å². The predicted octanol–water partition coefficient (Wildman–Crippen LogP) is 0.190. The van der Waals surface area contributed by atoms with Crippen LogP contribution in [-0.4, -0.2) is 60.0 Å². The number of fused-ring (bicyclic) bond motifs is 1. The van der Waals surface area contributed by atoms with Gasteiger partial charge in [-0.1, -0.05) is 13.8 Å². The summed E-state index contributed by atoms with van der Waals surface area (Å²) in [6.45, 7) is 7.63. The van der Waals surface area contributed by atoms with Gasteiger partial charge in [-0.15, -0.1) is 0 Å². The molecular formula is C13H23N5O2. The molecule has 2 N–H and O–H groups in total. The van der Waals surface area contributed by atoms with E-state index in [0.717, 1.165) is 13.0 Å². The second-order valence-electron chi connectivity index (χ2n) is 5.61. The number of likely N-dealkylation sites (N-methyl/N-ethyl adjacent to an activating group) is 1. The van der Waals surface area contributed by atoms with Crippen LogP contribution in [0.2, 0.25) is 0 Å². The highest BCUT2D eigenvalue weighted by Gasteiger charge is 2.49. The average molecular weight is 281 g/mol. The topological polar surface area (TPSA) is 77.0 Å². The number of aliphatic imine (C=N–C) groups is 1. The standard InChI is InChI=1S/C13H23N5O2/c1-5-14-12-15-10-9(18(12)7-6-8(2)3)11(19)16-13(20)17(10)4/h8-10H,5-7H2,1-4H3,(H,14,15)(H,16,19,20). The number of carbonyl (C=O) groups excluding carboxylic acids is 2. The van der Waals surface area contributed by atoms with Crippen molar-refractivity contribution in [3.63, 3.8) is 0 Å². The number of hydrogen-bond donors (Lipinski definition) is 2. The number of imide groups is 1. The lowest BCUT2D eigenvalue weighted by molar-refractivity contribution is -0.127. The molecule has 7 heteroatoms. The van der Waals surface area contributed by atoms with Crippen LogP contribution in [-0.2, 0) is 4.79 Å². The Balaban J connectivity index is 2.24. The molecule has 2 atom stereocenters. The number of guanidine groups is 1. The van der Waals surface area contributed by atoms with Gasteiger partial charge < -0.3 is 15.1 Å². The molecule has 2 saturated heterocycles. The van der Waals surface area contributed by atoms with Crippen molar-refractivity contribution in [1.29, 1.82) is 0 Å². The van der Waals surface area contributed by atoms with Gasteiger partial charge in [-0.2, -0.15) is 0 Å². The van der Waals surface area contributed by atoms with Crippen LogP contribution in [0.1, 0.15) is 27.2 Å². The first-order valence-electron chi connectivity index (χ1n) is 7.11. The fourth-order valence-corrected chi connectivity index (χ4v) is 2.51. The van der Waals surface area contributed by atoms with Crippen LogP contribution in [0.5, 0.6) is 0 Å². The van der Waals surface area contributed by atoms with Gasteiger partial charge in [0.05, 0.1) is 0 Å². The Morgan fingerprint density at radius 2 is 2.05 bits per heavy atom. The first-order valence-corrected chi connectivity index (χ1v) is 7.11. The van der Waals surface area contributed by atoms with Gasteiger partial charge in [0.25, 0.3) is 5.91 Å². The summed E-state index contributed by atoms with van der Waals surface area (Å²) in [5, 5.41) is 5.59. The van der Waals surface area contributed by atoms with Gasteiger partial charge in [0.2, 0.25) is 0 Å². The van der Waals surface area contributed by atoms with Crippen molar-refractivity contribution in [3.8, 4) is 0 Å². The van der Waals surface area contributed by atoms with Gasteiger partial charge >= 0.3 is 6.03 Å². The zero-order chi connectivity index (χ0) is 14.9. The third-order valence-electron chi connectivity index (χ3n) is 3.68. The lowest BCUT2D eigenvalue weighted by Gasteiger charge is -2.35. The Kier molecular flexibility index (Phi) is 4.15. The maximum Gasteiger partial charge on any atom is 0.325 e. The SMILES string of the molecule is CCN=C1NC2C(C(=O)NC(=O)N2C)N1CCC(C)C. The van der Waals surface area contributed by atoms with Crippen LogP contribution < -0.4 is 10.6 Å². The lowest BCUT2D eigenvalue weighted by Crippen LogP contribution is -2.64. The Morgan fingerprint density at radius 3 is 2.65 bits per heavy atom. The van der Waals surface area contributed by atoms with Crippen LogP contribution in [0.25, 0.3) is 0 Å². The van der Waals surface area contributed by atoms with E-state index in [9.17, 15) is 9.59 Å². The molecule has 2 rings (SSSR count). The first kappa shape index (κ1) is 14.6. The molecule has 2 unspecified atom stereocenters. The summed E-state index contributed by atoms with van der Waals surface area (Å²) < 4.78 is 0. The number of carbonyl (C=O) groups is 2. The second kappa shape index (κ2) is 5.68. The van der Waals surface area contributed by atoms with Gasteiger partial charge in [0.1, 0.15) is 6.17 Å². The van der Waals surface area contributed by atoms with Gasteiger partial charge in [0, 0.05) is 20.1 Å².